The summed E-state index contributed by atoms with van der Waals surface area (Å²) >= 11 is 1.54. The zero-order valence-corrected chi connectivity index (χ0v) is 12.8. The van der Waals surface area contributed by atoms with Crippen molar-refractivity contribution in [2.24, 2.45) is 0 Å². The molecule has 0 saturated heterocycles. The maximum atomic E-state index is 13.4. The number of nitrogens with one attached hydrogen (secondary N) is 1. The van der Waals surface area contributed by atoms with Gasteiger partial charge >= 0.3 is 0 Å². The van der Waals surface area contributed by atoms with Crippen molar-refractivity contribution >= 4 is 11.3 Å². The Labute approximate surface area is 127 Å². The molecule has 0 amide bonds. The van der Waals surface area contributed by atoms with E-state index in [0.29, 0.717) is 16.5 Å². The first kappa shape index (κ1) is 14.6. The minimum Gasteiger partial charge on any atom is -0.312 e. The van der Waals surface area contributed by atoms with Crippen molar-refractivity contribution < 1.29 is 8.78 Å². The van der Waals surface area contributed by atoms with Crippen LogP contribution in [-0.4, -0.2) is 11.5 Å². The van der Waals surface area contributed by atoms with Gasteiger partial charge in [0, 0.05) is 29.0 Å². The topological polar surface area (TPSA) is 24.9 Å². The fourth-order valence-electron chi connectivity index (χ4n) is 2.35. The summed E-state index contributed by atoms with van der Waals surface area (Å²) in [6.45, 7) is 3.88. The Balaban J connectivity index is 1.90. The fourth-order valence-corrected chi connectivity index (χ4v) is 3.45. The minimum absolute atomic E-state index is 0.529. The van der Waals surface area contributed by atoms with Crippen molar-refractivity contribution in [2.75, 3.05) is 6.54 Å². The third-order valence-electron chi connectivity index (χ3n) is 3.51. The largest absolute Gasteiger partial charge is 0.312 e. The van der Waals surface area contributed by atoms with E-state index in [4.69, 9.17) is 0 Å². The van der Waals surface area contributed by atoms with Gasteiger partial charge in [-0.2, -0.15) is 0 Å². The van der Waals surface area contributed by atoms with E-state index in [1.54, 1.807) is 11.3 Å². The molecule has 1 N–H and O–H groups in total. The van der Waals surface area contributed by atoms with Gasteiger partial charge in [0.1, 0.15) is 16.6 Å². The number of thiazole rings is 1. The molecule has 0 aliphatic heterocycles. The van der Waals surface area contributed by atoms with Gasteiger partial charge in [-0.1, -0.05) is 6.92 Å². The molecule has 1 aliphatic rings. The Bertz CT molecular complexity index is 615. The second-order valence-electron chi connectivity index (χ2n) is 5.44. The third kappa shape index (κ3) is 3.47. The predicted octanol–water partition coefficient (Wildman–Crippen LogP) is 4.47. The highest BCUT2D eigenvalue weighted by Gasteiger charge is 2.29. The molecule has 0 radical (unpaired) electrons. The molecule has 1 saturated carbocycles. The van der Waals surface area contributed by atoms with Crippen LogP contribution in [-0.2, 0) is 6.54 Å². The molecule has 21 heavy (non-hydrogen) atoms. The minimum atomic E-state index is -0.557. The van der Waals surface area contributed by atoms with Crippen molar-refractivity contribution in [1.29, 1.82) is 0 Å². The summed E-state index contributed by atoms with van der Waals surface area (Å²) in [5, 5.41) is 4.10. The van der Waals surface area contributed by atoms with Crippen LogP contribution in [0.3, 0.4) is 0 Å². The number of hydrogen-bond acceptors (Lipinski definition) is 3. The first-order chi connectivity index (χ1) is 10.2. The summed E-state index contributed by atoms with van der Waals surface area (Å²) in [5.41, 5.74) is 1.64. The normalized spacial score (nSPS) is 14.6. The van der Waals surface area contributed by atoms with Crippen LogP contribution in [0.4, 0.5) is 8.78 Å². The summed E-state index contributed by atoms with van der Waals surface area (Å²) in [5.74, 6) is -0.579. The molecular formula is C16H18F2N2S. The van der Waals surface area contributed by atoms with Crippen LogP contribution in [0.25, 0.3) is 10.6 Å². The molecule has 3 rings (SSSR count). The maximum Gasteiger partial charge on any atom is 0.126 e. The van der Waals surface area contributed by atoms with Gasteiger partial charge in [-0.3, -0.25) is 0 Å². The molecule has 112 valence electrons. The van der Waals surface area contributed by atoms with E-state index in [2.05, 4.69) is 17.2 Å². The second kappa shape index (κ2) is 6.20. The van der Waals surface area contributed by atoms with Crippen LogP contribution in [0.2, 0.25) is 0 Å². The van der Waals surface area contributed by atoms with Crippen LogP contribution in [0.5, 0.6) is 0 Å². The average molecular weight is 308 g/mol. The molecule has 0 unspecified atom stereocenters. The lowest BCUT2D eigenvalue weighted by molar-refractivity contribution is 0.584. The molecule has 1 fully saturated rings. The molecule has 1 heterocycles. The molecule has 1 aromatic heterocycles. The molecule has 1 aliphatic carbocycles. The van der Waals surface area contributed by atoms with Crippen molar-refractivity contribution in [1.82, 2.24) is 10.3 Å². The van der Waals surface area contributed by atoms with Gasteiger partial charge in [0.05, 0.1) is 5.69 Å². The molecule has 1 aromatic carbocycles. The monoisotopic (exact) mass is 308 g/mol. The lowest BCUT2D eigenvalue weighted by atomic mass is 10.2. The van der Waals surface area contributed by atoms with E-state index in [1.807, 2.05) is 0 Å². The highest BCUT2D eigenvalue weighted by atomic mass is 32.1. The van der Waals surface area contributed by atoms with Crippen molar-refractivity contribution in [2.45, 2.75) is 38.6 Å². The molecule has 5 heteroatoms. The van der Waals surface area contributed by atoms with Gasteiger partial charge in [0.25, 0.3) is 0 Å². The van der Waals surface area contributed by atoms with Crippen LogP contribution < -0.4 is 5.32 Å². The highest BCUT2D eigenvalue weighted by molar-refractivity contribution is 7.15. The number of hydrogen-bond donors (Lipinski definition) is 1. The summed E-state index contributed by atoms with van der Waals surface area (Å²) in [7, 11) is 0. The average Bonchev–Trinajstić information content (AvgIpc) is 3.19. The van der Waals surface area contributed by atoms with Crippen LogP contribution >= 0.6 is 11.3 Å². The Morgan fingerprint density at radius 3 is 2.57 bits per heavy atom. The highest BCUT2D eigenvalue weighted by Crippen LogP contribution is 2.44. The smallest absolute Gasteiger partial charge is 0.126 e. The first-order valence-corrected chi connectivity index (χ1v) is 8.15. The third-order valence-corrected chi connectivity index (χ3v) is 4.63. The lowest BCUT2D eigenvalue weighted by Gasteiger charge is -2.01. The number of rotatable bonds is 6. The van der Waals surface area contributed by atoms with Gasteiger partial charge in [-0.05, 0) is 37.9 Å². The zero-order valence-electron chi connectivity index (χ0n) is 12.0. The molecule has 0 spiro atoms. The zero-order chi connectivity index (χ0) is 14.8. The summed E-state index contributed by atoms with van der Waals surface area (Å²) in [6.07, 6.45) is 3.42. The van der Waals surface area contributed by atoms with Crippen LogP contribution in [0.1, 0.15) is 42.7 Å². The number of nitrogens with zero attached hydrogens (tertiary/aromatic N) is 1. The number of benzene rings is 1. The molecule has 0 bridgehead atoms. The van der Waals surface area contributed by atoms with Crippen molar-refractivity contribution in [3.63, 3.8) is 0 Å². The maximum absolute atomic E-state index is 13.4. The fraction of sp³-hybridized carbons (Fsp3) is 0.438. The summed E-state index contributed by atoms with van der Waals surface area (Å²) in [4.78, 5) is 5.85. The molecule has 2 aromatic rings. The van der Waals surface area contributed by atoms with Crippen molar-refractivity contribution in [3.05, 3.63) is 40.4 Å². The van der Waals surface area contributed by atoms with E-state index in [-0.39, 0.29) is 0 Å². The van der Waals surface area contributed by atoms with Gasteiger partial charge in [-0.15, -0.1) is 11.3 Å². The number of aromatic nitrogens is 1. The SMILES string of the molecule is CCCNCc1sc(-c2cc(F)cc(F)c2)nc1C1CC1. The molecule has 2 nitrogen and oxygen atoms in total. The first-order valence-electron chi connectivity index (χ1n) is 7.34. The van der Waals surface area contributed by atoms with E-state index >= 15 is 0 Å². The Morgan fingerprint density at radius 2 is 1.95 bits per heavy atom. The Hall–Kier alpha value is -1.33. The van der Waals surface area contributed by atoms with Crippen LogP contribution in [0.15, 0.2) is 18.2 Å². The predicted molar refractivity (Wildman–Crippen MR) is 81.4 cm³/mol. The van der Waals surface area contributed by atoms with E-state index in [9.17, 15) is 8.78 Å². The van der Waals surface area contributed by atoms with Gasteiger partial charge in [0.2, 0.25) is 0 Å². The van der Waals surface area contributed by atoms with E-state index in [1.165, 1.54) is 29.9 Å². The quantitative estimate of drug-likeness (QED) is 0.797. The second-order valence-corrected chi connectivity index (χ2v) is 6.52. The van der Waals surface area contributed by atoms with Crippen LogP contribution in [0, 0.1) is 11.6 Å². The van der Waals surface area contributed by atoms with Gasteiger partial charge < -0.3 is 5.32 Å². The van der Waals surface area contributed by atoms with E-state index in [0.717, 1.165) is 31.3 Å². The van der Waals surface area contributed by atoms with Gasteiger partial charge in [-0.25, -0.2) is 13.8 Å². The van der Waals surface area contributed by atoms with Gasteiger partial charge in [0.15, 0.2) is 0 Å². The number of halogens is 2. The molecular weight excluding hydrogens is 290 g/mol. The summed E-state index contributed by atoms with van der Waals surface area (Å²) < 4.78 is 26.7. The summed E-state index contributed by atoms with van der Waals surface area (Å²) in [6, 6.07) is 3.59. The van der Waals surface area contributed by atoms with Crippen molar-refractivity contribution in [3.8, 4) is 10.6 Å². The Kier molecular flexibility index (Phi) is 4.31. The Morgan fingerprint density at radius 1 is 1.24 bits per heavy atom. The standard InChI is InChI=1S/C16H18F2N2S/c1-2-5-19-9-14-15(10-3-4-10)20-16(21-14)11-6-12(17)8-13(18)7-11/h6-8,10,19H,2-5,9H2,1H3. The van der Waals surface area contributed by atoms with E-state index < -0.39 is 11.6 Å². The molecule has 0 atom stereocenters. The lowest BCUT2D eigenvalue weighted by Crippen LogP contribution is -2.13.